The number of carbonyl (C=O) groups is 2. The van der Waals surface area contributed by atoms with Gasteiger partial charge in [0.25, 0.3) is 11.8 Å². The van der Waals surface area contributed by atoms with Crippen molar-refractivity contribution in [2.24, 2.45) is 0 Å². The molecule has 0 radical (unpaired) electrons. The SMILES string of the molecule is Cc1ccc(NC(=O)c2ccccc2)cc1OC1CCN(C(=O)c2ccccn2)CC1. The number of rotatable bonds is 5. The maximum Gasteiger partial charge on any atom is 0.272 e. The average molecular weight is 415 g/mol. The van der Waals surface area contributed by atoms with Gasteiger partial charge in [-0.05, 0) is 42.8 Å². The van der Waals surface area contributed by atoms with Crippen LogP contribution in [0.15, 0.2) is 72.9 Å². The van der Waals surface area contributed by atoms with Crippen LogP contribution in [0.5, 0.6) is 5.75 Å². The van der Waals surface area contributed by atoms with Gasteiger partial charge in [0.1, 0.15) is 17.5 Å². The number of hydrogen-bond donors (Lipinski definition) is 1. The number of likely N-dealkylation sites (tertiary alicyclic amines) is 1. The van der Waals surface area contributed by atoms with Gasteiger partial charge in [0.2, 0.25) is 0 Å². The van der Waals surface area contributed by atoms with Gasteiger partial charge < -0.3 is 15.0 Å². The maximum atomic E-state index is 12.6. The van der Waals surface area contributed by atoms with Crippen molar-refractivity contribution in [2.75, 3.05) is 18.4 Å². The first kappa shape index (κ1) is 20.6. The van der Waals surface area contributed by atoms with Crippen molar-refractivity contribution in [3.05, 3.63) is 89.7 Å². The molecule has 6 heteroatoms. The van der Waals surface area contributed by atoms with E-state index < -0.39 is 0 Å². The van der Waals surface area contributed by atoms with Crippen LogP contribution in [-0.2, 0) is 0 Å². The van der Waals surface area contributed by atoms with E-state index in [2.05, 4.69) is 10.3 Å². The zero-order valence-corrected chi connectivity index (χ0v) is 17.5. The summed E-state index contributed by atoms with van der Waals surface area (Å²) in [7, 11) is 0. The number of aromatic nitrogens is 1. The first-order chi connectivity index (χ1) is 15.1. The molecule has 2 heterocycles. The molecule has 1 saturated heterocycles. The van der Waals surface area contributed by atoms with Gasteiger partial charge in [0.05, 0.1) is 0 Å². The van der Waals surface area contributed by atoms with Crippen molar-refractivity contribution in [2.45, 2.75) is 25.9 Å². The number of anilines is 1. The molecule has 158 valence electrons. The summed E-state index contributed by atoms with van der Waals surface area (Å²) >= 11 is 0. The third kappa shape index (κ3) is 5.09. The summed E-state index contributed by atoms with van der Waals surface area (Å²) in [6.45, 7) is 3.24. The Labute approximate surface area is 181 Å². The molecule has 2 aromatic carbocycles. The van der Waals surface area contributed by atoms with E-state index in [0.717, 1.165) is 24.2 Å². The molecule has 0 saturated carbocycles. The van der Waals surface area contributed by atoms with Gasteiger partial charge in [0, 0.05) is 49.4 Å². The highest BCUT2D eigenvalue weighted by Crippen LogP contribution is 2.27. The number of nitrogens with one attached hydrogen (secondary N) is 1. The van der Waals surface area contributed by atoms with E-state index in [4.69, 9.17) is 4.74 Å². The van der Waals surface area contributed by atoms with Gasteiger partial charge >= 0.3 is 0 Å². The molecule has 2 amide bonds. The highest BCUT2D eigenvalue weighted by Gasteiger charge is 2.25. The summed E-state index contributed by atoms with van der Waals surface area (Å²) in [5.41, 5.74) is 2.77. The minimum Gasteiger partial charge on any atom is -0.490 e. The molecule has 3 aromatic rings. The number of pyridine rings is 1. The summed E-state index contributed by atoms with van der Waals surface area (Å²) in [5, 5.41) is 2.92. The third-order valence-electron chi connectivity index (χ3n) is 5.39. The van der Waals surface area contributed by atoms with Crippen LogP contribution in [0.4, 0.5) is 5.69 Å². The molecule has 4 rings (SSSR count). The fraction of sp³-hybridized carbons (Fsp3) is 0.240. The third-order valence-corrected chi connectivity index (χ3v) is 5.39. The van der Waals surface area contributed by atoms with Gasteiger partial charge in [-0.25, -0.2) is 0 Å². The number of nitrogens with zero attached hydrogens (tertiary/aromatic N) is 2. The van der Waals surface area contributed by atoms with Crippen molar-refractivity contribution in [1.82, 2.24) is 9.88 Å². The lowest BCUT2D eigenvalue weighted by Gasteiger charge is -2.32. The second-order valence-corrected chi connectivity index (χ2v) is 7.62. The first-order valence-corrected chi connectivity index (χ1v) is 10.4. The lowest BCUT2D eigenvalue weighted by molar-refractivity contribution is 0.0589. The van der Waals surface area contributed by atoms with Gasteiger partial charge in [-0.15, -0.1) is 0 Å². The Hall–Kier alpha value is -3.67. The van der Waals surface area contributed by atoms with E-state index in [-0.39, 0.29) is 17.9 Å². The summed E-state index contributed by atoms with van der Waals surface area (Å²) < 4.78 is 6.24. The second-order valence-electron chi connectivity index (χ2n) is 7.62. The van der Waals surface area contributed by atoms with Crippen molar-refractivity contribution in [3.8, 4) is 5.75 Å². The number of carbonyl (C=O) groups excluding carboxylic acids is 2. The Kier molecular flexibility index (Phi) is 6.26. The Balaban J connectivity index is 1.36. The minimum atomic E-state index is -0.156. The quantitative estimate of drug-likeness (QED) is 0.673. The molecule has 1 fully saturated rings. The maximum absolute atomic E-state index is 12.6. The Morgan fingerprint density at radius 1 is 1.00 bits per heavy atom. The van der Waals surface area contributed by atoms with E-state index in [0.29, 0.717) is 30.0 Å². The Morgan fingerprint density at radius 2 is 1.74 bits per heavy atom. The van der Waals surface area contributed by atoms with Crippen LogP contribution in [0.2, 0.25) is 0 Å². The van der Waals surface area contributed by atoms with E-state index in [1.807, 2.05) is 54.3 Å². The van der Waals surface area contributed by atoms with Crippen molar-refractivity contribution < 1.29 is 14.3 Å². The topological polar surface area (TPSA) is 71.5 Å². The molecule has 31 heavy (non-hydrogen) atoms. The molecule has 6 nitrogen and oxygen atoms in total. The summed E-state index contributed by atoms with van der Waals surface area (Å²) in [4.78, 5) is 31.0. The molecular weight excluding hydrogens is 390 g/mol. The van der Waals surface area contributed by atoms with Crippen LogP contribution < -0.4 is 10.1 Å². The van der Waals surface area contributed by atoms with Crippen molar-refractivity contribution >= 4 is 17.5 Å². The van der Waals surface area contributed by atoms with E-state index in [1.165, 1.54) is 0 Å². The highest BCUT2D eigenvalue weighted by atomic mass is 16.5. The zero-order chi connectivity index (χ0) is 21.6. The average Bonchev–Trinajstić information content (AvgIpc) is 2.82. The number of aryl methyl sites for hydroxylation is 1. The minimum absolute atomic E-state index is 0.0200. The second kappa shape index (κ2) is 9.43. The summed E-state index contributed by atoms with van der Waals surface area (Å²) in [6.07, 6.45) is 3.15. The van der Waals surface area contributed by atoms with E-state index in [9.17, 15) is 9.59 Å². The fourth-order valence-electron chi connectivity index (χ4n) is 3.61. The standard InChI is InChI=1S/C25H25N3O3/c1-18-10-11-20(27-24(29)19-7-3-2-4-8-19)17-23(18)31-21-12-15-28(16-13-21)25(30)22-9-5-6-14-26-22/h2-11,14,17,21H,12-13,15-16H2,1H3,(H,27,29). The number of amides is 2. The summed E-state index contributed by atoms with van der Waals surface area (Å²) in [6, 6.07) is 20.1. The predicted molar refractivity (Wildman–Crippen MR) is 119 cm³/mol. The lowest BCUT2D eigenvalue weighted by Crippen LogP contribution is -2.42. The van der Waals surface area contributed by atoms with Crippen LogP contribution in [0.1, 0.15) is 39.3 Å². The molecular formula is C25H25N3O3. The monoisotopic (exact) mass is 415 g/mol. The smallest absolute Gasteiger partial charge is 0.272 e. The van der Waals surface area contributed by atoms with Crippen LogP contribution in [-0.4, -0.2) is 40.9 Å². The van der Waals surface area contributed by atoms with Crippen LogP contribution in [0.3, 0.4) is 0 Å². The normalized spacial score (nSPS) is 14.2. The molecule has 0 bridgehead atoms. The summed E-state index contributed by atoms with van der Waals surface area (Å²) in [5.74, 6) is 0.554. The molecule has 0 spiro atoms. The highest BCUT2D eigenvalue weighted by molar-refractivity contribution is 6.04. The number of hydrogen-bond acceptors (Lipinski definition) is 4. The number of piperidine rings is 1. The van der Waals surface area contributed by atoms with Crippen molar-refractivity contribution in [1.29, 1.82) is 0 Å². The van der Waals surface area contributed by atoms with Crippen molar-refractivity contribution in [3.63, 3.8) is 0 Å². The number of benzene rings is 2. The van der Waals surface area contributed by atoms with Crippen LogP contribution >= 0.6 is 0 Å². The molecule has 0 aliphatic carbocycles. The first-order valence-electron chi connectivity index (χ1n) is 10.4. The van der Waals surface area contributed by atoms with Crippen LogP contribution in [0, 0.1) is 6.92 Å². The molecule has 1 aliphatic rings. The Morgan fingerprint density at radius 3 is 2.45 bits per heavy atom. The molecule has 1 N–H and O–H groups in total. The molecule has 0 atom stereocenters. The van der Waals surface area contributed by atoms with E-state index in [1.54, 1.807) is 30.5 Å². The van der Waals surface area contributed by atoms with Gasteiger partial charge in [-0.1, -0.05) is 30.3 Å². The largest absolute Gasteiger partial charge is 0.490 e. The zero-order valence-electron chi connectivity index (χ0n) is 17.5. The predicted octanol–water partition coefficient (Wildman–Crippen LogP) is 4.33. The van der Waals surface area contributed by atoms with Gasteiger partial charge in [-0.3, -0.25) is 14.6 Å². The fourth-order valence-corrected chi connectivity index (χ4v) is 3.61. The molecule has 1 aliphatic heterocycles. The lowest BCUT2D eigenvalue weighted by atomic mass is 10.1. The molecule has 0 unspecified atom stereocenters. The number of ether oxygens (including phenoxy) is 1. The van der Waals surface area contributed by atoms with E-state index >= 15 is 0 Å². The Bertz CT molecular complexity index is 1050. The molecule has 1 aromatic heterocycles. The van der Waals surface area contributed by atoms with Crippen LogP contribution in [0.25, 0.3) is 0 Å². The van der Waals surface area contributed by atoms with Gasteiger partial charge in [-0.2, -0.15) is 0 Å². The van der Waals surface area contributed by atoms with Gasteiger partial charge in [0.15, 0.2) is 0 Å².